The molecule has 0 radical (unpaired) electrons. The summed E-state index contributed by atoms with van der Waals surface area (Å²) in [6, 6.07) is 0.827. The van der Waals surface area contributed by atoms with Crippen LogP contribution in [0.3, 0.4) is 0 Å². The highest BCUT2D eigenvalue weighted by Gasteiger charge is 2.54. The van der Waals surface area contributed by atoms with Crippen LogP contribution in [0.25, 0.3) is 0 Å². The highest BCUT2D eigenvalue weighted by Crippen LogP contribution is 2.41. The van der Waals surface area contributed by atoms with Crippen molar-refractivity contribution in [2.75, 3.05) is 18.1 Å². The quantitative estimate of drug-likeness (QED) is 0.705. The first-order valence-corrected chi connectivity index (χ1v) is 11.2. The molecule has 2 aliphatic heterocycles. The van der Waals surface area contributed by atoms with Gasteiger partial charge in [-0.2, -0.15) is 0 Å². The van der Waals surface area contributed by atoms with Crippen molar-refractivity contribution < 1.29 is 22.8 Å². The minimum Gasteiger partial charge on any atom is -0.351 e. The number of aryl methyl sites for hydroxylation is 1. The van der Waals surface area contributed by atoms with Gasteiger partial charge in [0, 0.05) is 16.5 Å². The molecule has 2 fully saturated rings. The van der Waals surface area contributed by atoms with E-state index in [1.54, 1.807) is 11.3 Å². The van der Waals surface area contributed by atoms with Gasteiger partial charge in [0.1, 0.15) is 12.1 Å². The first kappa shape index (κ1) is 17.5. The Balaban J connectivity index is 1.48. The molecule has 0 aromatic carbocycles. The number of carbonyl (C=O) groups excluding carboxylic acids is 3. The molecule has 1 aromatic rings. The molecule has 1 aromatic heterocycles. The van der Waals surface area contributed by atoms with Crippen LogP contribution in [0, 0.1) is 0 Å². The summed E-state index contributed by atoms with van der Waals surface area (Å²) in [5.74, 6) is -0.975. The molecule has 4 amide bonds. The van der Waals surface area contributed by atoms with Crippen molar-refractivity contribution in [2.45, 2.75) is 37.3 Å². The number of hydrogen-bond donors (Lipinski definition) is 2. The van der Waals surface area contributed by atoms with Crippen molar-refractivity contribution >= 4 is 39.0 Å². The van der Waals surface area contributed by atoms with Crippen molar-refractivity contribution in [1.82, 2.24) is 15.5 Å². The normalized spacial score (nSPS) is 29.7. The third-order valence-corrected chi connectivity index (χ3v) is 7.98. The van der Waals surface area contributed by atoms with Gasteiger partial charge in [0.2, 0.25) is 5.91 Å². The van der Waals surface area contributed by atoms with Crippen LogP contribution in [-0.4, -0.2) is 55.3 Å². The number of fused-ring (bicyclic) bond motifs is 2. The molecule has 140 valence electrons. The van der Waals surface area contributed by atoms with Crippen molar-refractivity contribution in [3.63, 3.8) is 0 Å². The molecule has 2 saturated heterocycles. The fourth-order valence-corrected chi connectivity index (χ4v) is 6.68. The summed E-state index contributed by atoms with van der Waals surface area (Å²) in [7, 11) is -3.11. The fraction of sp³-hybridized carbons (Fsp3) is 0.562. The summed E-state index contributed by atoms with van der Waals surface area (Å²) >= 11 is 1.57. The summed E-state index contributed by atoms with van der Waals surface area (Å²) < 4.78 is 23.0. The lowest BCUT2D eigenvalue weighted by Gasteiger charge is -2.31. The van der Waals surface area contributed by atoms with E-state index in [2.05, 4.69) is 10.6 Å². The zero-order valence-electron chi connectivity index (χ0n) is 14.0. The van der Waals surface area contributed by atoms with E-state index in [9.17, 15) is 22.8 Å². The maximum absolute atomic E-state index is 13.0. The maximum atomic E-state index is 13.0. The minimum absolute atomic E-state index is 0.0467. The Labute approximate surface area is 154 Å². The molecule has 10 heteroatoms. The molecule has 1 aliphatic carbocycles. The van der Waals surface area contributed by atoms with Crippen molar-refractivity contribution in [2.24, 2.45) is 0 Å². The Hall–Kier alpha value is -1.94. The number of nitrogens with one attached hydrogen (secondary N) is 2. The number of hydrogen-bond acceptors (Lipinski definition) is 6. The Morgan fingerprint density at radius 3 is 2.96 bits per heavy atom. The lowest BCUT2D eigenvalue weighted by Crippen LogP contribution is -2.47. The van der Waals surface area contributed by atoms with Crippen molar-refractivity contribution in [3.8, 4) is 0 Å². The van der Waals surface area contributed by atoms with Crippen LogP contribution in [0.5, 0.6) is 0 Å². The van der Waals surface area contributed by atoms with Crippen molar-refractivity contribution in [3.05, 3.63) is 21.9 Å². The highest BCUT2D eigenvalue weighted by atomic mass is 32.2. The van der Waals surface area contributed by atoms with Gasteiger partial charge in [-0.15, -0.1) is 11.3 Å². The molecule has 0 unspecified atom stereocenters. The predicted molar refractivity (Wildman–Crippen MR) is 94.4 cm³/mol. The van der Waals surface area contributed by atoms with E-state index in [1.165, 1.54) is 0 Å². The number of carbonyl (C=O) groups is 3. The molecule has 1 spiro atoms. The SMILES string of the molecule is O=C(CN1C(=O)N[C@@]2(CCCc3sccc32)C1=O)N[C@@H]1CCS(=O)(=O)C1. The number of rotatable bonds is 3. The van der Waals surface area contributed by atoms with Crippen LogP contribution in [0.15, 0.2) is 11.4 Å². The van der Waals surface area contributed by atoms with Gasteiger partial charge in [0.25, 0.3) is 5.91 Å². The van der Waals surface area contributed by atoms with E-state index < -0.39 is 45.8 Å². The van der Waals surface area contributed by atoms with Crippen LogP contribution < -0.4 is 10.6 Å². The lowest BCUT2D eigenvalue weighted by atomic mass is 9.80. The summed E-state index contributed by atoms with van der Waals surface area (Å²) in [5.41, 5.74) is -0.237. The fourth-order valence-electron chi connectivity index (χ4n) is 4.01. The zero-order valence-corrected chi connectivity index (χ0v) is 15.6. The Kier molecular flexibility index (Phi) is 4.07. The second-order valence-corrected chi connectivity index (χ2v) is 10.2. The summed E-state index contributed by atoms with van der Waals surface area (Å²) in [6.45, 7) is -0.400. The van der Waals surface area contributed by atoms with E-state index in [-0.39, 0.29) is 11.5 Å². The molecule has 26 heavy (non-hydrogen) atoms. The van der Waals surface area contributed by atoms with Crippen molar-refractivity contribution in [1.29, 1.82) is 0 Å². The second kappa shape index (κ2) is 6.05. The van der Waals surface area contributed by atoms with Gasteiger partial charge >= 0.3 is 6.03 Å². The largest absolute Gasteiger partial charge is 0.351 e. The topological polar surface area (TPSA) is 113 Å². The van der Waals surface area contributed by atoms with Gasteiger partial charge in [0.05, 0.1) is 11.5 Å². The predicted octanol–water partition coefficient (Wildman–Crippen LogP) is 0.135. The summed E-state index contributed by atoms with van der Waals surface area (Å²) in [5, 5.41) is 7.32. The van der Waals surface area contributed by atoms with E-state index in [1.807, 2.05) is 11.4 Å². The molecule has 4 rings (SSSR count). The van der Waals surface area contributed by atoms with Crippen LogP contribution in [0.1, 0.15) is 29.7 Å². The average molecular weight is 397 g/mol. The molecule has 0 bridgehead atoms. The molecule has 8 nitrogen and oxygen atoms in total. The lowest BCUT2D eigenvalue weighted by molar-refractivity contribution is -0.135. The Morgan fingerprint density at radius 1 is 1.42 bits per heavy atom. The third-order valence-electron chi connectivity index (χ3n) is 5.24. The van der Waals surface area contributed by atoms with E-state index in [0.717, 1.165) is 28.2 Å². The summed E-state index contributed by atoms with van der Waals surface area (Å²) in [6.07, 6.45) is 2.55. The molecule has 2 atom stereocenters. The van der Waals surface area contributed by atoms with Gasteiger partial charge in [-0.05, 0) is 37.1 Å². The Morgan fingerprint density at radius 2 is 2.23 bits per heavy atom. The van der Waals surface area contributed by atoms with Crippen LogP contribution in [0.2, 0.25) is 0 Å². The number of thiophene rings is 1. The van der Waals surface area contributed by atoms with Crippen LogP contribution in [0.4, 0.5) is 4.79 Å². The van der Waals surface area contributed by atoms with Crippen LogP contribution >= 0.6 is 11.3 Å². The highest BCUT2D eigenvalue weighted by molar-refractivity contribution is 7.91. The molecular formula is C16H19N3O5S2. The number of nitrogens with zero attached hydrogens (tertiary/aromatic N) is 1. The summed E-state index contributed by atoms with van der Waals surface area (Å²) in [4.78, 5) is 39.7. The standard InChI is InChI=1S/C16H19N3O5S2/c20-13(17-10-4-7-26(23,24)9-10)8-19-14(21)16(18-15(19)22)5-1-2-12-11(16)3-6-25-12/h3,6,10H,1-2,4-5,7-9H2,(H,17,20)(H,18,22)/t10-,16-/m1/s1. The van der Waals surface area contributed by atoms with Gasteiger partial charge in [-0.1, -0.05) is 0 Å². The number of imide groups is 1. The second-order valence-electron chi connectivity index (χ2n) is 7.01. The average Bonchev–Trinajstić information content (AvgIpc) is 3.23. The first-order chi connectivity index (χ1) is 12.3. The molecular weight excluding hydrogens is 378 g/mol. The Bertz CT molecular complexity index is 893. The van der Waals surface area contributed by atoms with Crippen LogP contribution in [-0.2, 0) is 31.4 Å². The molecule has 2 N–H and O–H groups in total. The van der Waals surface area contributed by atoms with Gasteiger partial charge in [-0.25, -0.2) is 13.2 Å². The maximum Gasteiger partial charge on any atom is 0.325 e. The van der Waals surface area contributed by atoms with Gasteiger partial charge < -0.3 is 10.6 Å². The molecule has 3 aliphatic rings. The minimum atomic E-state index is -3.11. The van der Waals surface area contributed by atoms with E-state index in [4.69, 9.17) is 0 Å². The third kappa shape index (κ3) is 2.81. The van der Waals surface area contributed by atoms with E-state index in [0.29, 0.717) is 12.8 Å². The van der Waals surface area contributed by atoms with Gasteiger partial charge in [0.15, 0.2) is 9.84 Å². The number of amides is 4. The molecule has 3 heterocycles. The monoisotopic (exact) mass is 397 g/mol. The molecule has 0 saturated carbocycles. The zero-order chi connectivity index (χ0) is 18.5. The van der Waals surface area contributed by atoms with Gasteiger partial charge in [-0.3, -0.25) is 14.5 Å². The smallest absolute Gasteiger partial charge is 0.325 e. The first-order valence-electron chi connectivity index (χ1n) is 8.51. The number of urea groups is 1. The van der Waals surface area contributed by atoms with E-state index >= 15 is 0 Å². The number of sulfone groups is 1.